The van der Waals surface area contributed by atoms with Gasteiger partial charge in [-0.25, -0.2) is 0 Å². The quantitative estimate of drug-likeness (QED) is 0.494. The van der Waals surface area contributed by atoms with Crippen LogP contribution in [0.1, 0.15) is 63.5 Å². The first-order chi connectivity index (χ1) is 16.3. The van der Waals surface area contributed by atoms with Gasteiger partial charge in [-0.05, 0) is 61.1 Å². The number of hydrogen-bond donors (Lipinski definition) is 2. The number of carbonyl (C=O) groups excluding carboxylic acids is 4. The number of imide groups is 2. The van der Waals surface area contributed by atoms with Gasteiger partial charge in [0.1, 0.15) is 0 Å². The van der Waals surface area contributed by atoms with Crippen LogP contribution in [0.25, 0.3) is 0 Å². The van der Waals surface area contributed by atoms with Gasteiger partial charge in [0.25, 0.3) is 0 Å². The van der Waals surface area contributed by atoms with Gasteiger partial charge >= 0.3 is 0 Å². The maximum Gasteiger partial charge on any atom is 0.237 e. The van der Waals surface area contributed by atoms with Gasteiger partial charge in [0.2, 0.25) is 23.6 Å². The highest BCUT2D eigenvalue weighted by molar-refractivity contribution is 6.04. The van der Waals surface area contributed by atoms with Crippen LogP contribution in [0.3, 0.4) is 0 Å². The van der Waals surface area contributed by atoms with E-state index in [0.717, 1.165) is 11.1 Å². The third-order valence-corrected chi connectivity index (χ3v) is 7.26. The molecule has 8 nitrogen and oxygen atoms in total. The van der Waals surface area contributed by atoms with Crippen molar-refractivity contribution in [3.05, 3.63) is 59.7 Å². The maximum absolute atomic E-state index is 12.6. The monoisotopic (exact) mass is 460 g/mol. The number of nitrogens with zero attached hydrogens (tertiary/aromatic N) is 2. The van der Waals surface area contributed by atoms with Crippen molar-refractivity contribution in [2.45, 2.75) is 63.2 Å². The molecule has 0 spiro atoms. The molecule has 0 bridgehead atoms. The topological polar surface area (TPSA) is 117 Å². The summed E-state index contributed by atoms with van der Waals surface area (Å²) in [4.78, 5) is 48.3. The van der Waals surface area contributed by atoms with Crippen molar-refractivity contribution in [2.24, 2.45) is 10.2 Å². The minimum absolute atomic E-state index is 0.229. The van der Waals surface area contributed by atoms with Crippen molar-refractivity contribution in [3.8, 4) is 0 Å². The first-order valence-electron chi connectivity index (χ1n) is 11.6. The second kappa shape index (κ2) is 9.29. The second-order valence-electron chi connectivity index (χ2n) is 8.92. The molecule has 8 heteroatoms. The van der Waals surface area contributed by atoms with Crippen LogP contribution in [0, 0.1) is 0 Å². The minimum Gasteiger partial charge on any atom is -0.296 e. The van der Waals surface area contributed by atoms with Gasteiger partial charge in [-0.15, -0.1) is 0 Å². The van der Waals surface area contributed by atoms with E-state index in [4.69, 9.17) is 0 Å². The summed E-state index contributed by atoms with van der Waals surface area (Å²) in [6, 6.07) is 14.7. The van der Waals surface area contributed by atoms with Crippen molar-refractivity contribution >= 4 is 35.0 Å². The molecule has 0 aliphatic carbocycles. The lowest BCUT2D eigenvalue weighted by Crippen LogP contribution is -2.51. The van der Waals surface area contributed by atoms with E-state index in [9.17, 15) is 19.2 Å². The smallest absolute Gasteiger partial charge is 0.237 e. The van der Waals surface area contributed by atoms with Crippen LogP contribution in [-0.4, -0.2) is 23.6 Å². The van der Waals surface area contributed by atoms with Gasteiger partial charge in [0, 0.05) is 12.8 Å². The van der Waals surface area contributed by atoms with Gasteiger partial charge in [-0.3, -0.25) is 29.8 Å². The molecule has 4 amide bonds. The number of amides is 4. The molecule has 34 heavy (non-hydrogen) atoms. The van der Waals surface area contributed by atoms with Gasteiger partial charge in [-0.2, -0.15) is 10.2 Å². The van der Waals surface area contributed by atoms with E-state index in [0.29, 0.717) is 49.9 Å². The number of carbonyl (C=O) groups is 4. The van der Waals surface area contributed by atoms with Crippen molar-refractivity contribution in [2.75, 3.05) is 0 Å². The zero-order chi connectivity index (χ0) is 24.3. The van der Waals surface area contributed by atoms with Crippen LogP contribution in [0.4, 0.5) is 11.4 Å². The zero-order valence-electron chi connectivity index (χ0n) is 19.4. The van der Waals surface area contributed by atoms with E-state index in [1.165, 1.54) is 0 Å². The Hall–Kier alpha value is -3.68. The Balaban J connectivity index is 1.49. The van der Waals surface area contributed by atoms with Gasteiger partial charge in [0.05, 0.1) is 22.2 Å². The van der Waals surface area contributed by atoms with Gasteiger partial charge in [0.15, 0.2) is 0 Å². The van der Waals surface area contributed by atoms with E-state index in [1.807, 2.05) is 62.4 Å². The molecule has 2 aliphatic rings. The van der Waals surface area contributed by atoms with E-state index in [-0.39, 0.29) is 23.6 Å². The van der Waals surface area contributed by atoms with Crippen molar-refractivity contribution < 1.29 is 19.2 Å². The number of nitrogens with one attached hydrogen (secondary N) is 2. The fourth-order valence-electron chi connectivity index (χ4n) is 4.94. The molecule has 2 N–H and O–H groups in total. The Morgan fingerprint density at radius 1 is 0.647 bits per heavy atom. The molecular formula is C26H28N4O4. The Morgan fingerprint density at radius 3 is 1.29 bits per heavy atom. The summed E-state index contributed by atoms with van der Waals surface area (Å²) in [6.07, 6.45) is 2.85. The molecule has 4 rings (SSSR count). The molecule has 2 aromatic rings. The summed E-state index contributed by atoms with van der Waals surface area (Å²) in [5.41, 5.74) is 1.59. The summed E-state index contributed by atoms with van der Waals surface area (Å²) in [7, 11) is 0. The largest absolute Gasteiger partial charge is 0.296 e. The van der Waals surface area contributed by atoms with E-state index in [1.54, 1.807) is 0 Å². The molecule has 2 heterocycles. The lowest BCUT2D eigenvalue weighted by atomic mass is 9.72. The Bertz CT molecular complexity index is 1060. The average Bonchev–Trinajstić information content (AvgIpc) is 2.85. The number of benzene rings is 2. The Morgan fingerprint density at radius 2 is 1.00 bits per heavy atom. The maximum atomic E-state index is 12.6. The highest BCUT2D eigenvalue weighted by Gasteiger charge is 2.43. The standard InChI is InChI=1S/C26H28N4O4/c1-3-25(15-13-21(31)27-23(25)33)17-5-9-19(10-6-17)29-30-20-11-7-18(8-12-20)26(4-2)16-14-22(32)28-24(26)34/h5-12H,3-4,13-16H2,1-2H3,(H,27,31,33)(H,28,32,34). The van der Waals surface area contributed by atoms with E-state index < -0.39 is 10.8 Å². The average molecular weight is 461 g/mol. The van der Waals surface area contributed by atoms with Crippen LogP contribution in [0.15, 0.2) is 58.8 Å². The zero-order valence-corrected chi connectivity index (χ0v) is 19.4. The molecular weight excluding hydrogens is 432 g/mol. The van der Waals surface area contributed by atoms with Crippen LogP contribution in [0.5, 0.6) is 0 Å². The summed E-state index contributed by atoms with van der Waals surface area (Å²) < 4.78 is 0. The third kappa shape index (κ3) is 4.16. The molecule has 176 valence electrons. The molecule has 2 aliphatic heterocycles. The fraction of sp³-hybridized carbons (Fsp3) is 0.385. The van der Waals surface area contributed by atoms with Crippen molar-refractivity contribution in [1.82, 2.24) is 10.6 Å². The van der Waals surface area contributed by atoms with Crippen LogP contribution in [-0.2, 0) is 30.0 Å². The van der Waals surface area contributed by atoms with E-state index >= 15 is 0 Å². The lowest BCUT2D eigenvalue weighted by Gasteiger charge is -2.35. The first kappa shape index (κ1) is 23.5. The number of rotatable bonds is 6. The summed E-state index contributed by atoms with van der Waals surface area (Å²) in [6.45, 7) is 3.90. The minimum atomic E-state index is -0.704. The van der Waals surface area contributed by atoms with Crippen molar-refractivity contribution in [1.29, 1.82) is 0 Å². The van der Waals surface area contributed by atoms with Crippen LogP contribution < -0.4 is 10.6 Å². The van der Waals surface area contributed by atoms with Gasteiger partial charge in [-0.1, -0.05) is 38.1 Å². The third-order valence-electron chi connectivity index (χ3n) is 7.26. The summed E-state index contributed by atoms with van der Waals surface area (Å²) >= 11 is 0. The molecule has 2 fully saturated rings. The molecule has 0 radical (unpaired) electrons. The Labute approximate surface area is 198 Å². The molecule has 0 aromatic heterocycles. The molecule has 2 saturated heterocycles. The predicted molar refractivity (Wildman–Crippen MR) is 126 cm³/mol. The highest BCUT2D eigenvalue weighted by atomic mass is 16.2. The SMILES string of the molecule is CCC1(c2ccc(N=Nc3ccc(C4(CC)CCC(=O)NC4=O)cc3)cc2)CCC(=O)NC1=O. The van der Waals surface area contributed by atoms with Gasteiger partial charge < -0.3 is 0 Å². The lowest BCUT2D eigenvalue weighted by molar-refractivity contribution is -0.139. The molecule has 2 aromatic carbocycles. The molecule has 2 atom stereocenters. The van der Waals surface area contributed by atoms with Crippen LogP contribution in [0.2, 0.25) is 0 Å². The van der Waals surface area contributed by atoms with E-state index in [2.05, 4.69) is 20.9 Å². The highest BCUT2D eigenvalue weighted by Crippen LogP contribution is 2.38. The normalized spacial score (nSPS) is 25.4. The number of azo groups is 1. The first-order valence-corrected chi connectivity index (χ1v) is 11.6. The fourth-order valence-corrected chi connectivity index (χ4v) is 4.94. The van der Waals surface area contributed by atoms with Crippen LogP contribution >= 0.6 is 0 Å². The number of hydrogen-bond acceptors (Lipinski definition) is 6. The summed E-state index contributed by atoms with van der Waals surface area (Å²) in [5.74, 6) is -0.955. The van der Waals surface area contributed by atoms with Crippen molar-refractivity contribution in [3.63, 3.8) is 0 Å². The molecule has 2 unspecified atom stereocenters. The second-order valence-corrected chi connectivity index (χ2v) is 8.92. The summed E-state index contributed by atoms with van der Waals surface area (Å²) in [5, 5.41) is 13.5. The number of piperidine rings is 2. The molecule has 0 saturated carbocycles. The Kier molecular flexibility index (Phi) is 6.41. The predicted octanol–water partition coefficient (Wildman–Crippen LogP) is 4.27.